The number of fused-ring (bicyclic) bond motifs is 1. The molecule has 0 radical (unpaired) electrons. The summed E-state index contributed by atoms with van der Waals surface area (Å²) in [7, 11) is 0. The van der Waals surface area contributed by atoms with Crippen LogP contribution in [0.25, 0.3) is 11.1 Å². The lowest BCUT2D eigenvalue weighted by atomic mass is 9.90. The molecule has 0 aliphatic carbocycles. The molecule has 1 N–H and O–H groups in total. The summed E-state index contributed by atoms with van der Waals surface area (Å²) in [6.45, 7) is 2.14. The molecule has 2 aliphatic heterocycles. The zero-order chi connectivity index (χ0) is 18.4. The Morgan fingerprint density at radius 2 is 2.00 bits per heavy atom. The number of nitrogens with zero attached hydrogens (tertiary/aromatic N) is 4. The minimum atomic E-state index is 0.204. The van der Waals surface area contributed by atoms with Crippen LogP contribution in [0.2, 0.25) is 0 Å². The molecular formula is C20H20N4O2S. The Morgan fingerprint density at radius 3 is 2.85 bits per heavy atom. The second-order valence-electron chi connectivity index (χ2n) is 6.95. The standard InChI is InChI=1S/C20H20N4O2S/c1-27-13-6-7-15-17(11-13)26-20(21-15)23-22-16-10-12-4-2-8-24-9-3-5-14(18(12)24)19(16)25/h6-7,10-11,25H,2-5,8-9H2,1H3. The fourth-order valence-electron chi connectivity index (χ4n) is 4.06. The van der Waals surface area contributed by atoms with Crippen molar-refractivity contribution in [3.8, 4) is 5.75 Å². The van der Waals surface area contributed by atoms with Crippen molar-refractivity contribution in [1.29, 1.82) is 0 Å². The first kappa shape index (κ1) is 16.6. The van der Waals surface area contributed by atoms with Gasteiger partial charge in [-0.2, -0.15) is 4.98 Å². The molecule has 138 valence electrons. The van der Waals surface area contributed by atoms with Crippen LogP contribution >= 0.6 is 11.8 Å². The van der Waals surface area contributed by atoms with E-state index in [1.165, 1.54) is 11.3 Å². The lowest BCUT2D eigenvalue weighted by molar-refractivity contribution is 0.463. The first-order valence-electron chi connectivity index (χ1n) is 9.22. The number of hydrogen-bond donors (Lipinski definition) is 1. The SMILES string of the molecule is CSc1ccc2nc(N=Nc3cc4c5c(c3O)CCCN5CCC4)oc2c1. The molecule has 0 unspecified atom stereocenters. The van der Waals surface area contributed by atoms with Crippen molar-refractivity contribution in [3.63, 3.8) is 0 Å². The number of rotatable bonds is 3. The number of aromatic hydroxyl groups is 1. The minimum Gasteiger partial charge on any atom is -0.505 e. The van der Waals surface area contributed by atoms with Gasteiger partial charge in [0.2, 0.25) is 0 Å². The number of benzene rings is 2. The highest BCUT2D eigenvalue weighted by Gasteiger charge is 2.27. The van der Waals surface area contributed by atoms with Gasteiger partial charge in [-0.05, 0) is 61.8 Å². The van der Waals surface area contributed by atoms with Crippen LogP contribution in [0.5, 0.6) is 5.75 Å². The second-order valence-corrected chi connectivity index (χ2v) is 7.83. The fourth-order valence-corrected chi connectivity index (χ4v) is 4.49. The summed E-state index contributed by atoms with van der Waals surface area (Å²) >= 11 is 1.65. The van der Waals surface area contributed by atoms with E-state index in [1.54, 1.807) is 11.8 Å². The number of anilines is 1. The van der Waals surface area contributed by atoms with Gasteiger partial charge in [-0.3, -0.25) is 0 Å². The van der Waals surface area contributed by atoms with Crippen LogP contribution in [-0.4, -0.2) is 29.4 Å². The third kappa shape index (κ3) is 2.86. The van der Waals surface area contributed by atoms with Crippen molar-refractivity contribution < 1.29 is 9.52 Å². The molecule has 0 amide bonds. The van der Waals surface area contributed by atoms with E-state index in [-0.39, 0.29) is 11.8 Å². The number of aromatic nitrogens is 1. The first-order valence-corrected chi connectivity index (χ1v) is 10.4. The van der Waals surface area contributed by atoms with Crippen molar-refractivity contribution in [2.45, 2.75) is 30.6 Å². The molecule has 0 spiro atoms. The summed E-state index contributed by atoms with van der Waals surface area (Å²) in [5, 5.41) is 19.2. The smallest absolute Gasteiger partial charge is 0.341 e. The Balaban J connectivity index is 1.52. The minimum absolute atomic E-state index is 0.204. The summed E-state index contributed by atoms with van der Waals surface area (Å²) in [5.74, 6) is 0.241. The number of phenolic OH excluding ortho intramolecular Hbond substituents is 1. The third-order valence-electron chi connectivity index (χ3n) is 5.30. The molecule has 6 nitrogen and oxygen atoms in total. The van der Waals surface area contributed by atoms with Crippen LogP contribution in [0.4, 0.5) is 17.4 Å². The van der Waals surface area contributed by atoms with Gasteiger partial charge in [0.1, 0.15) is 17.0 Å². The highest BCUT2D eigenvalue weighted by atomic mass is 32.2. The van der Waals surface area contributed by atoms with Gasteiger partial charge in [0.25, 0.3) is 0 Å². The van der Waals surface area contributed by atoms with Crippen LogP contribution in [0.15, 0.2) is 43.8 Å². The third-order valence-corrected chi connectivity index (χ3v) is 6.03. The number of phenols is 1. The van der Waals surface area contributed by atoms with Gasteiger partial charge in [0, 0.05) is 29.2 Å². The summed E-state index contributed by atoms with van der Waals surface area (Å²) in [6, 6.07) is 8.03. The van der Waals surface area contributed by atoms with Gasteiger partial charge in [-0.15, -0.1) is 16.9 Å². The van der Waals surface area contributed by atoms with Crippen molar-refractivity contribution in [2.75, 3.05) is 24.2 Å². The fraction of sp³-hybridized carbons (Fsp3) is 0.350. The molecule has 3 aromatic rings. The quantitative estimate of drug-likeness (QED) is 0.488. The monoisotopic (exact) mass is 380 g/mol. The summed E-state index contributed by atoms with van der Waals surface area (Å²) in [4.78, 5) is 7.86. The predicted molar refractivity (Wildman–Crippen MR) is 107 cm³/mol. The summed E-state index contributed by atoms with van der Waals surface area (Å²) in [5.41, 5.74) is 5.42. The largest absolute Gasteiger partial charge is 0.505 e. The van der Waals surface area contributed by atoms with E-state index in [0.29, 0.717) is 11.3 Å². The lowest BCUT2D eigenvalue weighted by Gasteiger charge is -2.37. The van der Waals surface area contributed by atoms with Crippen molar-refractivity contribution in [1.82, 2.24) is 4.98 Å². The molecule has 7 heteroatoms. The lowest BCUT2D eigenvalue weighted by Crippen LogP contribution is -2.34. The molecule has 5 rings (SSSR count). The zero-order valence-corrected chi connectivity index (χ0v) is 15.9. The average Bonchev–Trinajstić information content (AvgIpc) is 3.11. The Labute approximate surface area is 161 Å². The van der Waals surface area contributed by atoms with Crippen LogP contribution < -0.4 is 4.90 Å². The second kappa shape index (κ2) is 6.56. The molecule has 2 aromatic carbocycles. The molecule has 0 fully saturated rings. The summed E-state index contributed by atoms with van der Waals surface area (Å²) < 4.78 is 5.69. The highest BCUT2D eigenvalue weighted by Crippen LogP contribution is 2.45. The van der Waals surface area contributed by atoms with E-state index < -0.39 is 0 Å². The Morgan fingerprint density at radius 1 is 1.15 bits per heavy atom. The van der Waals surface area contributed by atoms with E-state index >= 15 is 0 Å². The Kier molecular flexibility index (Phi) is 4.04. The number of oxazole rings is 1. The van der Waals surface area contributed by atoms with Crippen molar-refractivity contribution in [2.24, 2.45) is 10.2 Å². The van der Waals surface area contributed by atoms with Gasteiger partial charge in [0.05, 0.1) is 0 Å². The maximum absolute atomic E-state index is 10.7. The number of azo groups is 1. The topological polar surface area (TPSA) is 74.2 Å². The van der Waals surface area contributed by atoms with Crippen LogP contribution in [0.3, 0.4) is 0 Å². The molecule has 3 heterocycles. The molecule has 0 bridgehead atoms. The molecule has 27 heavy (non-hydrogen) atoms. The summed E-state index contributed by atoms with van der Waals surface area (Å²) in [6.07, 6.45) is 6.11. The van der Waals surface area contributed by atoms with E-state index in [9.17, 15) is 5.11 Å². The molecule has 2 aliphatic rings. The van der Waals surface area contributed by atoms with Gasteiger partial charge in [-0.1, -0.05) is 5.11 Å². The number of hydrogen-bond acceptors (Lipinski definition) is 7. The van der Waals surface area contributed by atoms with E-state index in [0.717, 1.165) is 54.7 Å². The van der Waals surface area contributed by atoms with Gasteiger partial charge in [0.15, 0.2) is 5.58 Å². The number of thioether (sulfide) groups is 1. The molecule has 0 saturated carbocycles. The van der Waals surface area contributed by atoms with Gasteiger partial charge >= 0.3 is 6.01 Å². The van der Waals surface area contributed by atoms with E-state index in [4.69, 9.17) is 4.42 Å². The van der Waals surface area contributed by atoms with Crippen molar-refractivity contribution in [3.05, 3.63) is 35.4 Å². The number of aryl methyl sites for hydroxylation is 1. The Bertz CT molecular complexity index is 1060. The maximum Gasteiger partial charge on any atom is 0.341 e. The normalized spacial score (nSPS) is 16.3. The van der Waals surface area contributed by atoms with Crippen molar-refractivity contribution >= 4 is 40.3 Å². The first-order chi connectivity index (χ1) is 13.2. The van der Waals surface area contributed by atoms with Crippen LogP contribution in [-0.2, 0) is 12.8 Å². The molecular weight excluding hydrogens is 360 g/mol. The predicted octanol–water partition coefficient (Wildman–Crippen LogP) is 5.37. The van der Waals surface area contributed by atoms with Crippen LogP contribution in [0.1, 0.15) is 24.0 Å². The Hall–Kier alpha value is -2.54. The van der Waals surface area contributed by atoms with Gasteiger partial charge in [-0.25, -0.2) is 0 Å². The average molecular weight is 380 g/mol. The maximum atomic E-state index is 10.7. The van der Waals surface area contributed by atoms with Crippen LogP contribution in [0, 0.1) is 0 Å². The zero-order valence-electron chi connectivity index (χ0n) is 15.1. The van der Waals surface area contributed by atoms with E-state index in [1.807, 2.05) is 30.5 Å². The molecule has 0 atom stereocenters. The van der Waals surface area contributed by atoms with E-state index in [2.05, 4.69) is 20.1 Å². The highest BCUT2D eigenvalue weighted by molar-refractivity contribution is 7.98. The molecule has 0 saturated heterocycles. The van der Waals surface area contributed by atoms with Gasteiger partial charge < -0.3 is 14.4 Å². The molecule has 1 aromatic heterocycles.